The van der Waals surface area contributed by atoms with E-state index in [1.54, 1.807) is 11.0 Å². The maximum Gasteiger partial charge on any atom is 0.227 e. The molecular weight excluding hydrogens is 408 g/mol. The molecule has 4 heterocycles. The van der Waals surface area contributed by atoms with Crippen LogP contribution in [0.15, 0.2) is 49.1 Å². The Kier molecular flexibility index (Phi) is 5.93. The molecule has 3 aromatic rings. The lowest BCUT2D eigenvalue weighted by Crippen LogP contribution is -2.38. The van der Waals surface area contributed by atoms with E-state index in [-0.39, 0.29) is 11.8 Å². The van der Waals surface area contributed by atoms with Crippen molar-refractivity contribution in [2.24, 2.45) is 5.92 Å². The summed E-state index contributed by atoms with van der Waals surface area (Å²) in [6.45, 7) is 4.86. The van der Waals surface area contributed by atoms with Gasteiger partial charge in [0, 0.05) is 43.5 Å². The molecule has 2 fully saturated rings. The minimum atomic E-state index is -0.00690. The first kappa shape index (κ1) is 20.4. The van der Waals surface area contributed by atoms with Gasteiger partial charge in [-0.2, -0.15) is 5.10 Å². The third-order valence-electron chi connectivity index (χ3n) is 5.99. The van der Waals surface area contributed by atoms with Gasteiger partial charge in [-0.1, -0.05) is 0 Å². The maximum atomic E-state index is 12.8. The van der Waals surface area contributed by atoms with Crippen LogP contribution < -0.4 is 15.1 Å². The molecule has 2 aliphatic heterocycles. The van der Waals surface area contributed by atoms with Crippen LogP contribution in [0.25, 0.3) is 5.82 Å². The Morgan fingerprint density at radius 2 is 1.62 bits per heavy atom. The molecule has 2 saturated heterocycles. The Bertz CT molecular complexity index is 1010. The topological polar surface area (TPSA) is 101 Å². The van der Waals surface area contributed by atoms with Crippen LogP contribution in [0.2, 0.25) is 0 Å². The number of anilines is 3. The van der Waals surface area contributed by atoms with E-state index < -0.39 is 0 Å². The molecule has 0 saturated carbocycles. The number of rotatable bonds is 5. The summed E-state index contributed by atoms with van der Waals surface area (Å²) in [5, 5.41) is 15.7. The number of ether oxygens (including phenoxy) is 1. The molecule has 10 nitrogen and oxygen atoms in total. The number of nitrogens with one attached hydrogen (secondary N) is 1. The van der Waals surface area contributed by atoms with Crippen LogP contribution in [0, 0.1) is 5.92 Å². The minimum absolute atomic E-state index is 0.00690. The zero-order valence-electron chi connectivity index (χ0n) is 17.8. The monoisotopic (exact) mass is 434 g/mol. The number of hydrogen-bond donors (Lipinski definition) is 1. The average Bonchev–Trinajstić information content (AvgIpc) is 3.40. The molecular formula is C22H26N8O2. The Morgan fingerprint density at radius 3 is 2.28 bits per heavy atom. The first-order valence-corrected chi connectivity index (χ1v) is 10.9. The van der Waals surface area contributed by atoms with Crippen molar-refractivity contribution in [3.05, 3.63) is 49.1 Å². The van der Waals surface area contributed by atoms with Crippen molar-refractivity contribution < 1.29 is 9.53 Å². The average molecular weight is 435 g/mol. The molecule has 0 aliphatic carbocycles. The van der Waals surface area contributed by atoms with Crippen LogP contribution in [-0.4, -0.2) is 70.3 Å². The second kappa shape index (κ2) is 9.31. The first-order chi connectivity index (χ1) is 15.8. The normalized spacial score (nSPS) is 17.4. The van der Waals surface area contributed by atoms with E-state index >= 15 is 0 Å². The minimum Gasteiger partial charge on any atom is -0.378 e. The van der Waals surface area contributed by atoms with Gasteiger partial charge in [-0.05, 0) is 49.2 Å². The predicted octanol–water partition coefficient (Wildman–Crippen LogP) is 1.75. The van der Waals surface area contributed by atoms with Crippen molar-refractivity contribution in [3.63, 3.8) is 0 Å². The number of nitrogens with zero attached hydrogens (tertiary/aromatic N) is 7. The van der Waals surface area contributed by atoms with Gasteiger partial charge in [-0.3, -0.25) is 4.79 Å². The van der Waals surface area contributed by atoms with Gasteiger partial charge >= 0.3 is 0 Å². The molecule has 2 aromatic heterocycles. The lowest BCUT2D eigenvalue weighted by atomic mass is 9.96. The van der Waals surface area contributed by atoms with Gasteiger partial charge in [0.1, 0.15) is 12.7 Å². The van der Waals surface area contributed by atoms with E-state index in [1.807, 2.05) is 24.3 Å². The third kappa shape index (κ3) is 4.54. The largest absolute Gasteiger partial charge is 0.378 e. The Hall–Kier alpha value is -3.53. The number of benzene rings is 1. The van der Waals surface area contributed by atoms with Crippen LogP contribution >= 0.6 is 0 Å². The van der Waals surface area contributed by atoms with Gasteiger partial charge in [-0.25, -0.2) is 9.67 Å². The van der Waals surface area contributed by atoms with Crippen LogP contribution in [0.3, 0.4) is 0 Å². The second-order valence-corrected chi connectivity index (χ2v) is 7.99. The van der Waals surface area contributed by atoms with E-state index in [0.29, 0.717) is 5.82 Å². The number of morpholine rings is 1. The predicted molar refractivity (Wildman–Crippen MR) is 120 cm³/mol. The summed E-state index contributed by atoms with van der Waals surface area (Å²) < 4.78 is 6.98. The van der Waals surface area contributed by atoms with Crippen molar-refractivity contribution >= 4 is 23.1 Å². The highest BCUT2D eigenvalue weighted by Crippen LogP contribution is 2.24. The number of carbonyl (C=O) groups excluding carboxylic acids is 1. The van der Waals surface area contributed by atoms with Crippen LogP contribution in [0.4, 0.5) is 17.2 Å². The summed E-state index contributed by atoms with van der Waals surface area (Å²) in [5.41, 5.74) is 2.00. The fraction of sp³-hybridized carbons (Fsp3) is 0.409. The molecule has 1 aromatic carbocycles. The molecule has 0 radical (unpaired) electrons. The molecule has 10 heteroatoms. The smallest absolute Gasteiger partial charge is 0.227 e. The van der Waals surface area contributed by atoms with Crippen molar-refractivity contribution in [1.29, 1.82) is 0 Å². The van der Waals surface area contributed by atoms with Crippen molar-refractivity contribution in [3.8, 4) is 5.82 Å². The van der Waals surface area contributed by atoms with E-state index in [4.69, 9.17) is 4.74 Å². The van der Waals surface area contributed by atoms with Crippen LogP contribution in [0.5, 0.6) is 0 Å². The summed E-state index contributed by atoms with van der Waals surface area (Å²) in [4.78, 5) is 21.2. The quantitative estimate of drug-likeness (QED) is 0.648. The summed E-state index contributed by atoms with van der Waals surface area (Å²) in [6.07, 6.45) is 4.61. The summed E-state index contributed by atoms with van der Waals surface area (Å²) >= 11 is 0. The highest BCUT2D eigenvalue weighted by molar-refractivity contribution is 5.92. The highest BCUT2D eigenvalue weighted by atomic mass is 16.5. The standard InChI is InChI=1S/C22H26N8O2/c31-22(25-18-1-3-19(4-2-18)28-11-13-32-14-12-28)17-7-9-29(10-8-17)20-5-6-21(27-26-20)30-16-23-15-24-30/h1-6,15-17H,7-14H2,(H,25,31). The van der Waals surface area contributed by atoms with Gasteiger partial charge in [0.25, 0.3) is 0 Å². The van der Waals surface area contributed by atoms with Gasteiger partial charge in [-0.15, -0.1) is 10.2 Å². The zero-order chi connectivity index (χ0) is 21.8. The fourth-order valence-electron chi connectivity index (χ4n) is 4.13. The Morgan fingerprint density at radius 1 is 0.906 bits per heavy atom. The number of carbonyl (C=O) groups is 1. The van der Waals surface area contributed by atoms with Crippen LogP contribution in [-0.2, 0) is 9.53 Å². The van der Waals surface area contributed by atoms with E-state index in [2.05, 4.69) is 47.5 Å². The molecule has 32 heavy (non-hydrogen) atoms. The fourth-order valence-corrected chi connectivity index (χ4v) is 4.13. The highest BCUT2D eigenvalue weighted by Gasteiger charge is 2.26. The van der Waals surface area contributed by atoms with Crippen molar-refractivity contribution in [2.45, 2.75) is 12.8 Å². The van der Waals surface area contributed by atoms with Crippen molar-refractivity contribution in [1.82, 2.24) is 25.0 Å². The van der Waals surface area contributed by atoms with E-state index in [0.717, 1.165) is 69.4 Å². The Balaban J connectivity index is 1.13. The SMILES string of the molecule is O=C(Nc1ccc(N2CCOCC2)cc1)C1CCN(c2ccc(-n3cncn3)nn2)CC1. The number of aromatic nitrogens is 5. The molecule has 0 atom stereocenters. The molecule has 1 N–H and O–H groups in total. The Labute approximate surface area is 186 Å². The lowest BCUT2D eigenvalue weighted by molar-refractivity contribution is -0.120. The molecule has 0 bridgehead atoms. The summed E-state index contributed by atoms with van der Waals surface area (Å²) in [7, 11) is 0. The third-order valence-corrected chi connectivity index (χ3v) is 5.99. The molecule has 2 aliphatic rings. The zero-order valence-corrected chi connectivity index (χ0v) is 17.8. The molecule has 0 unspecified atom stereocenters. The van der Waals surface area contributed by atoms with Crippen molar-refractivity contribution in [2.75, 3.05) is 54.5 Å². The van der Waals surface area contributed by atoms with Gasteiger partial charge in [0.15, 0.2) is 11.6 Å². The number of amides is 1. The summed E-state index contributed by atoms with van der Waals surface area (Å²) in [6, 6.07) is 11.9. The first-order valence-electron chi connectivity index (χ1n) is 10.9. The van der Waals surface area contributed by atoms with Gasteiger partial charge in [0.2, 0.25) is 5.91 Å². The van der Waals surface area contributed by atoms with E-state index in [9.17, 15) is 4.79 Å². The second-order valence-electron chi connectivity index (χ2n) is 7.99. The molecule has 1 amide bonds. The number of hydrogen-bond acceptors (Lipinski definition) is 8. The maximum absolute atomic E-state index is 12.8. The van der Waals surface area contributed by atoms with Gasteiger partial charge in [0.05, 0.1) is 13.2 Å². The summed E-state index contributed by atoms with van der Waals surface area (Å²) in [5.74, 6) is 1.51. The lowest BCUT2D eigenvalue weighted by Gasteiger charge is -2.32. The molecule has 5 rings (SSSR count). The van der Waals surface area contributed by atoms with E-state index in [1.165, 1.54) is 6.33 Å². The van der Waals surface area contributed by atoms with Gasteiger partial charge < -0.3 is 19.9 Å². The number of piperidine rings is 1. The molecule has 166 valence electrons. The molecule has 0 spiro atoms. The van der Waals surface area contributed by atoms with Crippen LogP contribution in [0.1, 0.15) is 12.8 Å².